The van der Waals surface area contributed by atoms with Crippen molar-refractivity contribution in [1.82, 2.24) is 9.88 Å². The number of anilines is 1. The van der Waals surface area contributed by atoms with Crippen LogP contribution in [0, 0.1) is 0 Å². The summed E-state index contributed by atoms with van der Waals surface area (Å²) >= 11 is 5.97. The number of oxazole rings is 1. The van der Waals surface area contributed by atoms with Crippen LogP contribution in [-0.4, -0.2) is 44.5 Å². The second kappa shape index (κ2) is 9.62. The zero-order valence-corrected chi connectivity index (χ0v) is 20.0. The number of halogens is 1. The molecule has 1 aliphatic heterocycles. The van der Waals surface area contributed by atoms with Gasteiger partial charge in [-0.15, -0.1) is 0 Å². The van der Waals surface area contributed by atoms with E-state index in [1.807, 2.05) is 53.4 Å². The average Bonchev–Trinajstić information content (AvgIpc) is 3.33. The molecule has 5 rings (SSSR count). The lowest BCUT2D eigenvalue weighted by atomic mass is 10.2. The lowest BCUT2D eigenvalue weighted by Crippen LogP contribution is -2.46. The Morgan fingerprint density at radius 1 is 0.824 bits per heavy atom. The quantitative estimate of drug-likeness (QED) is 0.370. The van der Waals surface area contributed by atoms with Gasteiger partial charge in [0.15, 0.2) is 0 Å². The van der Waals surface area contributed by atoms with Gasteiger partial charge in [-0.2, -0.15) is 4.98 Å². The minimum absolute atomic E-state index is 0.0646. The fourth-order valence-electron chi connectivity index (χ4n) is 4.05. The molecule has 2 heterocycles. The summed E-state index contributed by atoms with van der Waals surface area (Å²) in [5.41, 5.74) is 1.98. The number of nitrogens with zero attached hydrogens (tertiary/aromatic N) is 3. The number of sulfone groups is 1. The molecule has 0 bridgehead atoms. The predicted octanol–water partition coefficient (Wildman–Crippen LogP) is 5.15. The lowest BCUT2D eigenvalue weighted by molar-refractivity contribution is 0.245. The summed E-state index contributed by atoms with van der Waals surface area (Å²) in [4.78, 5) is 8.93. The number of aromatic nitrogens is 1. The maximum atomic E-state index is 13.6. The molecule has 0 N–H and O–H groups in total. The highest BCUT2D eigenvalue weighted by atomic mass is 35.5. The topological polar surface area (TPSA) is 66.7 Å². The molecular formula is C26H24ClN3O3S. The number of benzene rings is 3. The first-order valence-corrected chi connectivity index (χ1v) is 12.9. The summed E-state index contributed by atoms with van der Waals surface area (Å²) in [6, 6.07) is 25.8. The van der Waals surface area contributed by atoms with Gasteiger partial charge in [0, 0.05) is 43.3 Å². The smallest absolute Gasteiger partial charge is 0.236 e. The Balaban J connectivity index is 1.45. The monoisotopic (exact) mass is 493 g/mol. The fraction of sp³-hybridized carbons (Fsp3) is 0.192. The van der Waals surface area contributed by atoms with Crippen LogP contribution in [0.3, 0.4) is 0 Å². The van der Waals surface area contributed by atoms with Gasteiger partial charge in [-0.1, -0.05) is 60.1 Å². The van der Waals surface area contributed by atoms with E-state index < -0.39 is 9.84 Å². The van der Waals surface area contributed by atoms with Gasteiger partial charge in [0.1, 0.15) is 0 Å². The van der Waals surface area contributed by atoms with E-state index in [1.54, 1.807) is 12.1 Å². The molecule has 1 aromatic heterocycles. The van der Waals surface area contributed by atoms with Crippen molar-refractivity contribution in [3.8, 4) is 11.5 Å². The van der Waals surface area contributed by atoms with Gasteiger partial charge in [0.25, 0.3) is 0 Å². The van der Waals surface area contributed by atoms with Crippen molar-refractivity contribution in [2.45, 2.75) is 16.5 Å². The van der Waals surface area contributed by atoms with Crippen molar-refractivity contribution < 1.29 is 12.8 Å². The van der Waals surface area contributed by atoms with Crippen LogP contribution in [0.25, 0.3) is 11.5 Å². The van der Waals surface area contributed by atoms with Gasteiger partial charge in [-0.25, -0.2) is 8.42 Å². The van der Waals surface area contributed by atoms with E-state index in [2.05, 4.69) is 22.0 Å². The molecule has 0 amide bonds. The third-order valence-electron chi connectivity index (χ3n) is 5.89. The van der Waals surface area contributed by atoms with Gasteiger partial charge in [-0.3, -0.25) is 4.90 Å². The molecule has 0 saturated carbocycles. The summed E-state index contributed by atoms with van der Waals surface area (Å²) in [7, 11) is -3.90. The van der Waals surface area contributed by atoms with E-state index >= 15 is 0 Å². The Morgan fingerprint density at radius 3 is 2.09 bits per heavy atom. The second-order valence-electron chi connectivity index (χ2n) is 8.20. The number of hydrogen-bond acceptors (Lipinski definition) is 6. The number of piperazine rings is 1. The molecule has 8 heteroatoms. The van der Waals surface area contributed by atoms with E-state index in [4.69, 9.17) is 16.0 Å². The Bertz CT molecular complexity index is 1350. The lowest BCUT2D eigenvalue weighted by Gasteiger charge is -2.34. The molecule has 34 heavy (non-hydrogen) atoms. The molecule has 174 valence electrons. The molecular weight excluding hydrogens is 470 g/mol. The zero-order valence-electron chi connectivity index (χ0n) is 18.5. The maximum absolute atomic E-state index is 13.6. The first kappa shape index (κ1) is 22.7. The third kappa shape index (κ3) is 4.73. The first-order valence-electron chi connectivity index (χ1n) is 11.1. The molecule has 3 aromatic carbocycles. The molecule has 4 aromatic rings. The van der Waals surface area contributed by atoms with Gasteiger partial charge in [0.2, 0.25) is 26.6 Å². The SMILES string of the molecule is O=S(=O)(c1ccc(Cl)cc1)c1nc(-c2ccccc2)oc1N1CCN(Cc2ccccc2)CC1. The largest absolute Gasteiger partial charge is 0.419 e. The Hall–Kier alpha value is -3.13. The van der Waals surface area contributed by atoms with Gasteiger partial charge in [-0.05, 0) is 42.0 Å². The molecule has 0 atom stereocenters. The van der Waals surface area contributed by atoms with Crippen molar-refractivity contribution in [3.63, 3.8) is 0 Å². The highest BCUT2D eigenvalue weighted by Crippen LogP contribution is 2.35. The molecule has 1 fully saturated rings. The summed E-state index contributed by atoms with van der Waals surface area (Å²) in [6.45, 7) is 3.71. The van der Waals surface area contributed by atoms with Crippen LogP contribution < -0.4 is 4.90 Å². The molecule has 1 aliphatic rings. The van der Waals surface area contributed by atoms with Gasteiger partial charge in [0.05, 0.1) is 4.90 Å². The normalized spacial score (nSPS) is 14.9. The van der Waals surface area contributed by atoms with E-state index in [-0.39, 0.29) is 21.7 Å². The van der Waals surface area contributed by atoms with E-state index in [1.165, 1.54) is 17.7 Å². The van der Waals surface area contributed by atoms with Crippen LogP contribution in [0.1, 0.15) is 5.56 Å². The highest BCUT2D eigenvalue weighted by Gasteiger charge is 2.32. The highest BCUT2D eigenvalue weighted by molar-refractivity contribution is 7.91. The van der Waals surface area contributed by atoms with Gasteiger partial charge < -0.3 is 9.32 Å². The minimum Gasteiger partial charge on any atom is -0.419 e. The molecule has 0 spiro atoms. The first-order chi connectivity index (χ1) is 16.5. The summed E-state index contributed by atoms with van der Waals surface area (Å²) in [6.07, 6.45) is 0. The summed E-state index contributed by atoms with van der Waals surface area (Å²) < 4.78 is 33.2. The number of rotatable bonds is 6. The molecule has 0 aliphatic carbocycles. The van der Waals surface area contributed by atoms with Gasteiger partial charge >= 0.3 is 0 Å². The van der Waals surface area contributed by atoms with Crippen molar-refractivity contribution >= 4 is 27.3 Å². The molecule has 0 radical (unpaired) electrons. The Morgan fingerprint density at radius 2 is 1.44 bits per heavy atom. The van der Waals surface area contributed by atoms with Crippen molar-refractivity contribution in [1.29, 1.82) is 0 Å². The predicted molar refractivity (Wildman–Crippen MR) is 133 cm³/mol. The standard InChI is InChI=1S/C26H24ClN3O3S/c27-22-11-13-23(14-12-22)34(31,32)25-26(33-24(28-25)21-9-5-2-6-10-21)30-17-15-29(16-18-30)19-20-7-3-1-4-8-20/h1-14H,15-19H2. The maximum Gasteiger partial charge on any atom is 0.236 e. The van der Waals surface area contributed by atoms with Crippen LogP contribution in [0.5, 0.6) is 0 Å². The molecule has 0 unspecified atom stereocenters. The molecule has 1 saturated heterocycles. The number of hydrogen-bond donors (Lipinski definition) is 0. The average molecular weight is 494 g/mol. The third-order valence-corrected chi connectivity index (χ3v) is 7.81. The van der Waals surface area contributed by atoms with E-state index in [0.717, 1.165) is 25.2 Å². The van der Waals surface area contributed by atoms with Crippen LogP contribution >= 0.6 is 11.6 Å². The Kier molecular flexibility index (Phi) is 6.41. The van der Waals surface area contributed by atoms with Crippen LogP contribution in [0.2, 0.25) is 5.02 Å². The zero-order chi connectivity index (χ0) is 23.5. The summed E-state index contributed by atoms with van der Waals surface area (Å²) in [5, 5.41) is 0.407. The molecule has 6 nitrogen and oxygen atoms in total. The van der Waals surface area contributed by atoms with Crippen LogP contribution in [-0.2, 0) is 16.4 Å². The fourth-order valence-corrected chi connectivity index (χ4v) is 5.50. The summed E-state index contributed by atoms with van der Waals surface area (Å²) in [5.74, 6) is 0.572. The van der Waals surface area contributed by atoms with Crippen molar-refractivity contribution in [2.24, 2.45) is 0 Å². The van der Waals surface area contributed by atoms with Crippen LogP contribution in [0.15, 0.2) is 99.3 Å². The van der Waals surface area contributed by atoms with Crippen LogP contribution in [0.4, 0.5) is 5.88 Å². The van der Waals surface area contributed by atoms with E-state index in [0.29, 0.717) is 18.1 Å². The van der Waals surface area contributed by atoms with Crippen molar-refractivity contribution in [2.75, 3.05) is 31.1 Å². The Labute approximate surface area is 204 Å². The van der Waals surface area contributed by atoms with E-state index in [9.17, 15) is 8.42 Å². The van der Waals surface area contributed by atoms with Crippen molar-refractivity contribution in [3.05, 3.63) is 95.5 Å². The minimum atomic E-state index is -3.90. The second-order valence-corrected chi connectivity index (χ2v) is 10.5.